The van der Waals surface area contributed by atoms with Crippen molar-refractivity contribution in [3.8, 4) is 5.75 Å². The van der Waals surface area contributed by atoms with Crippen LogP contribution in [0.1, 0.15) is 13.3 Å². The molecule has 3 N–H and O–H groups in total. The maximum atomic E-state index is 5.65. The number of pyridine rings is 1. The first-order valence-corrected chi connectivity index (χ1v) is 6.89. The molecule has 100 valence electrons. The number of nitrogens with two attached hydrogens (primary N) is 1. The third-order valence-electron chi connectivity index (χ3n) is 2.45. The maximum Gasteiger partial charge on any atom is 0.144 e. The molecule has 0 aliphatic carbocycles. The first-order valence-electron chi connectivity index (χ1n) is 6.10. The molecule has 0 radical (unpaired) electrons. The van der Waals surface area contributed by atoms with Gasteiger partial charge in [0, 0.05) is 5.69 Å². The van der Waals surface area contributed by atoms with Crippen molar-refractivity contribution in [1.82, 2.24) is 4.98 Å². The van der Waals surface area contributed by atoms with Crippen LogP contribution in [0.25, 0.3) is 0 Å². The topological polar surface area (TPSA) is 60.2 Å². The third-order valence-corrected chi connectivity index (χ3v) is 3.06. The number of hydrogen-bond acceptors (Lipinski definition) is 4. The zero-order valence-corrected chi connectivity index (χ0v) is 12.3. The first-order chi connectivity index (χ1) is 9.19. The number of hydrogen-bond donors (Lipinski definition) is 2. The van der Waals surface area contributed by atoms with Crippen LogP contribution in [0.2, 0.25) is 0 Å². The summed E-state index contributed by atoms with van der Waals surface area (Å²) in [6.07, 6.45) is 2.62. The Morgan fingerprint density at radius 2 is 2.05 bits per heavy atom. The fourth-order valence-electron chi connectivity index (χ4n) is 1.54. The van der Waals surface area contributed by atoms with Crippen LogP contribution >= 0.6 is 15.9 Å². The highest BCUT2D eigenvalue weighted by atomic mass is 79.9. The van der Waals surface area contributed by atoms with Crippen LogP contribution in [0.3, 0.4) is 0 Å². The second kappa shape index (κ2) is 6.43. The Hall–Kier alpha value is -1.75. The summed E-state index contributed by atoms with van der Waals surface area (Å²) < 4.78 is 6.36. The van der Waals surface area contributed by atoms with Crippen molar-refractivity contribution in [2.45, 2.75) is 13.3 Å². The molecule has 0 atom stereocenters. The molecule has 0 aliphatic heterocycles. The molecule has 0 unspecified atom stereocenters. The van der Waals surface area contributed by atoms with Gasteiger partial charge >= 0.3 is 0 Å². The molecule has 5 heteroatoms. The van der Waals surface area contributed by atoms with E-state index in [1.807, 2.05) is 30.3 Å². The summed E-state index contributed by atoms with van der Waals surface area (Å²) in [5.41, 5.74) is 7.22. The first kappa shape index (κ1) is 13.7. The van der Waals surface area contributed by atoms with Crippen molar-refractivity contribution in [2.24, 2.45) is 0 Å². The Balaban J connectivity index is 2.06. The number of halogens is 1. The van der Waals surface area contributed by atoms with E-state index in [0.29, 0.717) is 5.69 Å². The van der Waals surface area contributed by atoms with Gasteiger partial charge in [-0.25, -0.2) is 4.98 Å². The van der Waals surface area contributed by atoms with Gasteiger partial charge in [0.15, 0.2) is 0 Å². The predicted octanol–water partition coefficient (Wildman–Crippen LogP) is 3.96. The predicted molar refractivity (Wildman–Crippen MR) is 81.9 cm³/mol. The standard InChI is InChI=1S/C14H16BrN3O/c1-2-7-19-12-5-3-11(4-6-12)18-14-13(15)8-10(16)9-17-14/h3-6,8-9H,2,7,16H2,1H3,(H,17,18). The highest BCUT2D eigenvalue weighted by molar-refractivity contribution is 9.10. The molecule has 0 spiro atoms. The molecule has 4 nitrogen and oxygen atoms in total. The monoisotopic (exact) mass is 321 g/mol. The van der Waals surface area contributed by atoms with Crippen molar-refractivity contribution >= 4 is 33.1 Å². The van der Waals surface area contributed by atoms with Crippen LogP contribution in [0, 0.1) is 0 Å². The normalized spacial score (nSPS) is 10.2. The number of nitrogens with one attached hydrogen (secondary N) is 1. The summed E-state index contributed by atoms with van der Waals surface area (Å²) in [6, 6.07) is 9.59. The van der Waals surface area contributed by atoms with Gasteiger partial charge in [-0.1, -0.05) is 6.92 Å². The fourth-order valence-corrected chi connectivity index (χ4v) is 2.00. The van der Waals surface area contributed by atoms with E-state index >= 15 is 0 Å². The Kier molecular flexibility index (Phi) is 4.63. The van der Waals surface area contributed by atoms with Gasteiger partial charge in [0.2, 0.25) is 0 Å². The highest BCUT2D eigenvalue weighted by Gasteiger charge is 2.02. The summed E-state index contributed by atoms with van der Waals surface area (Å²) in [5, 5.41) is 3.21. The number of ether oxygens (including phenoxy) is 1. The molecule has 1 aromatic heterocycles. The summed E-state index contributed by atoms with van der Waals surface area (Å²) in [6.45, 7) is 2.82. The Bertz CT molecular complexity index is 543. The van der Waals surface area contributed by atoms with Gasteiger partial charge in [-0.2, -0.15) is 0 Å². The lowest BCUT2D eigenvalue weighted by Gasteiger charge is -2.09. The molecule has 0 saturated carbocycles. The second-order valence-corrected chi connectivity index (χ2v) is 4.95. The van der Waals surface area contributed by atoms with E-state index in [9.17, 15) is 0 Å². The molecular weight excluding hydrogens is 306 g/mol. The van der Waals surface area contributed by atoms with E-state index < -0.39 is 0 Å². The minimum absolute atomic E-state index is 0.626. The zero-order valence-electron chi connectivity index (χ0n) is 10.7. The summed E-state index contributed by atoms with van der Waals surface area (Å²) in [4.78, 5) is 4.23. The van der Waals surface area contributed by atoms with Gasteiger partial charge < -0.3 is 15.8 Å². The van der Waals surface area contributed by atoms with E-state index in [1.165, 1.54) is 0 Å². The molecule has 19 heavy (non-hydrogen) atoms. The van der Waals surface area contributed by atoms with E-state index in [2.05, 4.69) is 33.2 Å². The van der Waals surface area contributed by atoms with E-state index in [-0.39, 0.29) is 0 Å². The lowest BCUT2D eigenvalue weighted by atomic mass is 10.3. The molecule has 0 bridgehead atoms. The quantitative estimate of drug-likeness (QED) is 0.875. The van der Waals surface area contributed by atoms with Gasteiger partial charge in [0.1, 0.15) is 11.6 Å². The minimum Gasteiger partial charge on any atom is -0.494 e. The fraction of sp³-hybridized carbons (Fsp3) is 0.214. The average Bonchev–Trinajstić information content (AvgIpc) is 2.41. The van der Waals surface area contributed by atoms with Gasteiger partial charge in [0.25, 0.3) is 0 Å². The molecule has 0 amide bonds. The number of aromatic nitrogens is 1. The molecule has 1 heterocycles. The molecule has 2 rings (SSSR count). The lowest BCUT2D eigenvalue weighted by Crippen LogP contribution is -1.97. The van der Waals surface area contributed by atoms with Crippen LogP contribution < -0.4 is 15.8 Å². The van der Waals surface area contributed by atoms with Gasteiger partial charge in [-0.05, 0) is 52.7 Å². The zero-order chi connectivity index (χ0) is 13.7. The smallest absolute Gasteiger partial charge is 0.144 e. The molecule has 0 aliphatic rings. The number of rotatable bonds is 5. The van der Waals surface area contributed by atoms with Crippen LogP contribution in [0.15, 0.2) is 41.0 Å². The number of nitrogens with zero attached hydrogens (tertiary/aromatic N) is 1. The van der Waals surface area contributed by atoms with Crippen LogP contribution in [0.4, 0.5) is 17.2 Å². The van der Waals surface area contributed by atoms with Gasteiger partial charge in [-0.15, -0.1) is 0 Å². The summed E-state index contributed by atoms with van der Waals surface area (Å²) in [7, 11) is 0. The third kappa shape index (κ3) is 3.86. The SMILES string of the molecule is CCCOc1ccc(Nc2ncc(N)cc2Br)cc1. The van der Waals surface area contributed by atoms with E-state index in [1.54, 1.807) is 6.20 Å². The minimum atomic E-state index is 0.626. The molecular formula is C14H16BrN3O. The van der Waals surface area contributed by atoms with Crippen LogP contribution in [-0.2, 0) is 0 Å². The summed E-state index contributed by atoms with van der Waals surface area (Å²) in [5.74, 6) is 1.60. The molecule has 0 saturated heterocycles. The van der Waals surface area contributed by atoms with Crippen molar-refractivity contribution in [1.29, 1.82) is 0 Å². The largest absolute Gasteiger partial charge is 0.494 e. The maximum absolute atomic E-state index is 5.65. The van der Waals surface area contributed by atoms with Gasteiger partial charge in [0.05, 0.1) is 23.0 Å². The molecule has 1 aromatic carbocycles. The number of benzene rings is 1. The van der Waals surface area contributed by atoms with E-state index in [4.69, 9.17) is 10.5 Å². The van der Waals surface area contributed by atoms with Gasteiger partial charge in [-0.3, -0.25) is 0 Å². The number of anilines is 3. The van der Waals surface area contributed by atoms with Crippen molar-refractivity contribution in [2.75, 3.05) is 17.7 Å². The Morgan fingerprint density at radius 3 is 2.68 bits per heavy atom. The Labute approximate surface area is 121 Å². The average molecular weight is 322 g/mol. The Morgan fingerprint density at radius 1 is 1.32 bits per heavy atom. The summed E-state index contributed by atoms with van der Waals surface area (Å²) >= 11 is 3.42. The van der Waals surface area contributed by atoms with Crippen LogP contribution in [0.5, 0.6) is 5.75 Å². The van der Waals surface area contributed by atoms with Crippen molar-refractivity contribution < 1.29 is 4.74 Å². The highest BCUT2D eigenvalue weighted by Crippen LogP contribution is 2.26. The van der Waals surface area contributed by atoms with Crippen molar-refractivity contribution in [3.05, 3.63) is 41.0 Å². The van der Waals surface area contributed by atoms with Crippen molar-refractivity contribution in [3.63, 3.8) is 0 Å². The number of nitrogen functional groups attached to an aromatic ring is 1. The van der Waals surface area contributed by atoms with E-state index in [0.717, 1.165) is 34.8 Å². The molecule has 0 fully saturated rings. The van der Waals surface area contributed by atoms with Crippen LogP contribution in [-0.4, -0.2) is 11.6 Å². The second-order valence-electron chi connectivity index (χ2n) is 4.10. The molecule has 2 aromatic rings. The lowest BCUT2D eigenvalue weighted by molar-refractivity contribution is 0.317.